The first kappa shape index (κ1) is 7.63. The van der Waals surface area contributed by atoms with E-state index in [9.17, 15) is 0 Å². The zero-order chi connectivity index (χ0) is 7.84. The molecule has 2 heteroatoms. The van der Waals surface area contributed by atoms with Crippen molar-refractivity contribution in [2.45, 2.75) is 18.2 Å². The fraction of sp³-hybridized carbons (Fsp3) is 0.333. The fourth-order valence-electron chi connectivity index (χ4n) is 1.56. The van der Waals surface area contributed by atoms with Gasteiger partial charge < -0.3 is 0 Å². The van der Waals surface area contributed by atoms with Crippen molar-refractivity contribution in [2.24, 2.45) is 0 Å². The number of halogens is 2. The molecule has 2 rings (SSSR count). The Morgan fingerprint density at radius 3 is 3.00 bits per heavy atom. The third kappa shape index (κ3) is 1.21. The van der Waals surface area contributed by atoms with Crippen molar-refractivity contribution in [3.8, 4) is 0 Å². The van der Waals surface area contributed by atoms with Crippen LogP contribution >= 0.6 is 27.5 Å². The first-order valence-electron chi connectivity index (χ1n) is 3.70. The summed E-state index contributed by atoms with van der Waals surface area (Å²) in [7, 11) is 0. The molecule has 0 N–H and O–H groups in total. The second kappa shape index (κ2) is 2.80. The summed E-state index contributed by atoms with van der Waals surface area (Å²) < 4.78 is 1.21. The molecule has 1 aliphatic rings. The van der Waals surface area contributed by atoms with Crippen LogP contribution < -0.4 is 0 Å². The SMILES string of the molecule is Cl[C@H]1CCc2c(Br)cccc21. The second-order valence-electron chi connectivity index (χ2n) is 2.81. The predicted octanol–water partition coefficient (Wildman–Crippen LogP) is 3.68. The van der Waals surface area contributed by atoms with Crippen LogP contribution in [0.5, 0.6) is 0 Å². The van der Waals surface area contributed by atoms with Crippen LogP contribution in [0.2, 0.25) is 0 Å². The maximum atomic E-state index is 6.09. The molecule has 0 heterocycles. The molecule has 58 valence electrons. The molecule has 1 atom stereocenters. The minimum absolute atomic E-state index is 0.238. The summed E-state index contributed by atoms with van der Waals surface area (Å²) in [4.78, 5) is 0. The highest BCUT2D eigenvalue weighted by Gasteiger charge is 2.21. The van der Waals surface area contributed by atoms with Crippen LogP contribution in [0.25, 0.3) is 0 Å². The molecule has 0 spiro atoms. The number of benzene rings is 1. The van der Waals surface area contributed by atoms with Crippen LogP contribution in [0, 0.1) is 0 Å². The Morgan fingerprint density at radius 1 is 1.45 bits per heavy atom. The zero-order valence-corrected chi connectivity index (χ0v) is 8.32. The molecule has 0 saturated carbocycles. The van der Waals surface area contributed by atoms with Gasteiger partial charge in [0.1, 0.15) is 0 Å². The number of alkyl halides is 1. The van der Waals surface area contributed by atoms with Crippen LogP contribution in [0.15, 0.2) is 22.7 Å². The van der Waals surface area contributed by atoms with Crippen LogP contribution in [0.1, 0.15) is 22.9 Å². The van der Waals surface area contributed by atoms with Gasteiger partial charge in [-0.3, -0.25) is 0 Å². The minimum Gasteiger partial charge on any atom is -0.118 e. The monoisotopic (exact) mass is 230 g/mol. The number of hydrogen-bond donors (Lipinski definition) is 0. The first-order chi connectivity index (χ1) is 5.29. The summed E-state index contributed by atoms with van der Waals surface area (Å²) in [6, 6.07) is 6.24. The van der Waals surface area contributed by atoms with E-state index in [0.29, 0.717) is 0 Å². The van der Waals surface area contributed by atoms with Crippen molar-refractivity contribution >= 4 is 27.5 Å². The number of hydrogen-bond acceptors (Lipinski definition) is 0. The largest absolute Gasteiger partial charge is 0.118 e. The average molecular weight is 232 g/mol. The smallest absolute Gasteiger partial charge is 0.0591 e. The van der Waals surface area contributed by atoms with Gasteiger partial charge in [0.2, 0.25) is 0 Å². The minimum atomic E-state index is 0.238. The summed E-state index contributed by atoms with van der Waals surface area (Å²) >= 11 is 9.61. The molecule has 0 aliphatic heterocycles. The van der Waals surface area contributed by atoms with Gasteiger partial charge in [-0.2, -0.15) is 0 Å². The summed E-state index contributed by atoms with van der Waals surface area (Å²) in [6.45, 7) is 0. The molecular weight excluding hydrogens is 223 g/mol. The normalized spacial score (nSPS) is 21.8. The van der Waals surface area contributed by atoms with Crippen molar-refractivity contribution in [1.29, 1.82) is 0 Å². The topological polar surface area (TPSA) is 0 Å². The Labute approximate surface area is 79.7 Å². The zero-order valence-electron chi connectivity index (χ0n) is 5.98. The third-order valence-electron chi connectivity index (χ3n) is 2.14. The van der Waals surface area contributed by atoms with Gasteiger partial charge in [-0.15, -0.1) is 11.6 Å². The fourth-order valence-corrected chi connectivity index (χ4v) is 2.45. The van der Waals surface area contributed by atoms with Crippen LogP contribution in [0.4, 0.5) is 0 Å². The van der Waals surface area contributed by atoms with Gasteiger partial charge in [0.15, 0.2) is 0 Å². The molecule has 0 bridgehead atoms. The highest BCUT2D eigenvalue weighted by atomic mass is 79.9. The highest BCUT2D eigenvalue weighted by Crippen LogP contribution is 2.39. The van der Waals surface area contributed by atoms with Gasteiger partial charge in [0.05, 0.1) is 5.38 Å². The van der Waals surface area contributed by atoms with Gasteiger partial charge in [-0.05, 0) is 30.0 Å². The maximum Gasteiger partial charge on any atom is 0.0591 e. The lowest BCUT2D eigenvalue weighted by atomic mass is 10.1. The number of rotatable bonds is 0. The summed E-state index contributed by atoms with van der Waals surface area (Å²) in [5.41, 5.74) is 2.70. The Balaban J connectivity index is 2.57. The first-order valence-corrected chi connectivity index (χ1v) is 4.93. The lowest BCUT2D eigenvalue weighted by molar-refractivity contribution is 0.881. The van der Waals surface area contributed by atoms with Gasteiger partial charge in [0, 0.05) is 4.47 Å². The van der Waals surface area contributed by atoms with Gasteiger partial charge in [-0.1, -0.05) is 28.1 Å². The summed E-state index contributed by atoms with van der Waals surface area (Å²) in [5, 5.41) is 0.238. The van der Waals surface area contributed by atoms with E-state index in [-0.39, 0.29) is 5.38 Å². The van der Waals surface area contributed by atoms with Crippen molar-refractivity contribution in [1.82, 2.24) is 0 Å². The van der Waals surface area contributed by atoms with E-state index < -0.39 is 0 Å². The molecule has 1 aromatic rings. The van der Waals surface area contributed by atoms with Gasteiger partial charge in [0.25, 0.3) is 0 Å². The quantitative estimate of drug-likeness (QED) is 0.598. The second-order valence-corrected chi connectivity index (χ2v) is 4.19. The van der Waals surface area contributed by atoms with E-state index in [4.69, 9.17) is 11.6 Å². The van der Waals surface area contributed by atoms with Crippen molar-refractivity contribution in [3.63, 3.8) is 0 Å². The van der Waals surface area contributed by atoms with E-state index in [1.54, 1.807) is 0 Å². The molecule has 0 saturated heterocycles. The average Bonchev–Trinajstić information content (AvgIpc) is 2.35. The predicted molar refractivity (Wildman–Crippen MR) is 51.1 cm³/mol. The lowest BCUT2D eigenvalue weighted by Crippen LogP contribution is -1.83. The maximum absolute atomic E-state index is 6.09. The molecule has 0 aromatic heterocycles. The molecule has 11 heavy (non-hydrogen) atoms. The van der Waals surface area contributed by atoms with Crippen molar-refractivity contribution in [3.05, 3.63) is 33.8 Å². The molecular formula is C9H8BrCl. The highest BCUT2D eigenvalue weighted by molar-refractivity contribution is 9.10. The molecule has 0 nitrogen and oxygen atoms in total. The molecule has 0 radical (unpaired) electrons. The Kier molecular flexibility index (Phi) is 1.94. The Bertz CT molecular complexity index is 283. The Hall–Kier alpha value is -0.0100. The molecule has 0 amide bonds. The van der Waals surface area contributed by atoms with E-state index in [1.807, 2.05) is 6.07 Å². The van der Waals surface area contributed by atoms with E-state index in [1.165, 1.54) is 15.6 Å². The Morgan fingerprint density at radius 2 is 2.27 bits per heavy atom. The molecule has 0 unspecified atom stereocenters. The molecule has 1 aromatic carbocycles. The van der Waals surface area contributed by atoms with Crippen molar-refractivity contribution < 1.29 is 0 Å². The van der Waals surface area contributed by atoms with Crippen molar-refractivity contribution in [2.75, 3.05) is 0 Å². The van der Waals surface area contributed by atoms with Crippen LogP contribution in [-0.4, -0.2) is 0 Å². The molecule has 1 aliphatic carbocycles. The molecule has 0 fully saturated rings. The van der Waals surface area contributed by atoms with Gasteiger partial charge >= 0.3 is 0 Å². The van der Waals surface area contributed by atoms with Crippen LogP contribution in [-0.2, 0) is 6.42 Å². The third-order valence-corrected chi connectivity index (χ3v) is 3.34. The number of fused-ring (bicyclic) bond motifs is 1. The van der Waals surface area contributed by atoms with Gasteiger partial charge in [-0.25, -0.2) is 0 Å². The van der Waals surface area contributed by atoms with E-state index >= 15 is 0 Å². The summed E-state index contributed by atoms with van der Waals surface area (Å²) in [6.07, 6.45) is 2.20. The van der Waals surface area contributed by atoms with E-state index in [0.717, 1.165) is 12.8 Å². The standard InChI is InChI=1S/C9H8BrCl/c10-8-3-1-2-7-6(8)4-5-9(7)11/h1-3,9H,4-5H2/t9-/m0/s1. The summed E-state index contributed by atoms with van der Waals surface area (Å²) in [5.74, 6) is 0. The van der Waals surface area contributed by atoms with Crippen LogP contribution in [0.3, 0.4) is 0 Å². The van der Waals surface area contributed by atoms with E-state index in [2.05, 4.69) is 28.1 Å². The lowest BCUT2D eigenvalue weighted by Gasteiger charge is -2.02.